The van der Waals surface area contributed by atoms with Crippen molar-refractivity contribution in [3.05, 3.63) is 36.1 Å². The summed E-state index contributed by atoms with van der Waals surface area (Å²) in [5.41, 5.74) is 0.909. The van der Waals surface area contributed by atoms with E-state index in [-0.39, 0.29) is 24.0 Å². The molecule has 1 atom stereocenters. The topological polar surface area (TPSA) is 62.0 Å². The fraction of sp³-hybridized carbons (Fsp3) is 0.526. The first-order chi connectivity index (χ1) is 12.3. The number of rotatable bonds is 6. The Morgan fingerprint density at radius 3 is 2.73 bits per heavy atom. The van der Waals surface area contributed by atoms with Gasteiger partial charge in [0, 0.05) is 37.6 Å². The minimum absolute atomic E-state index is 0. The first kappa shape index (κ1) is 21.0. The van der Waals surface area contributed by atoms with Crippen LogP contribution in [0.1, 0.15) is 19.6 Å². The number of aliphatic imine (C=N–C) groups is 1. The molecular weight excluding hydrogens is 443 g/mol. The van der Waals surface area contributed by atoms with Gasteiger partial charge < -0.3 is 19.8 Å². The third-order valence-electron chi connectivity index (χ3n) is 4.45. The lowest BCUT2D eigenvalue weighted by Gasteiger charge is -2.32. The van der Waals surface area contributed by atoms with Crippen molar-refractivity contribution in [3.8, 4) is 0 Å². The third kappa shape index (κ3) is 5.85. The molecule has 144 valence electrons. The van der Waals surface area contributed by atoms with Gasteiger partial charge in [-0.3, -0.25) is 4.90 Å². The molecule has 3 rings (SSSR count). The number of ether oxygens (including phenoxy) is 1. The first-order valence-electron chi connectivity index (χ1n) is 9.07. The van der Waals surface area contributed by atoms with E-state index in [9.17, 15) is 0 Å². The summed E-state index contributed by atoms with van der Waals surface area (Å²) in [6, 6.07) is 10.5. The van der Waals surface area contributed by atoms with E-state index in [0.29, 0.717) is 12.6 Å². The minimum Gasteiger partial charge on any atom is -0.459 e. The van der Waals surface area contributed by atoms with Gasteiger partial charge in [0.2, 0.25) is 0 Å². The number of fused-ring (bicyclic) bond motifs is 1. The summed E-state index contributed by atoms with van der Waals surface area (Å²) in [6.07, 6.45) is 0. The van der Waals surface area contributed by atoms with E-state index < -0.39 is 0 Å². The number of hydrogen-bond donors (Lipinski definition) is 2. The average molecular weight is 472 g/mol. The van der Waals surface area contributed by atoms with Gasteiger partial charge in [-0.05, 0) is 26.0 Å². The summed E-state index contributed by atoms with van der Waals surface area (Å²) < 4.78 is 11.3. The molecule has 2 heterocycles. The maximum atomic E-state index is 5.83. The Balaban J connectivity index is 0.00000243. The van der Waals surface area contributed by atoms with Gasteiger partial charge in [0.05, 0.1) is 13.2 Å². The number of para-hydroxylation sites is 1. The molecule has 1 aromatic heterocycles. The van der Waals surface area contributed by atoms with Crippen LogP contribution < -0.4 is 10.6 Å². The largest absolute Gasteiger partial charge is 0.459 e. The lowest BCUT2D eigenvalue weighted by molar-refractivity contribution is 0.0211. The van der Waals surface area contributed by atoms with Crippen molar-refractivity contribution < 1.29 is 9.15 Å². The predicted octanol–water partition coefficient (Wildman–Crippen LogP) is 2.83. The van der Waals surface area contributed by atoms with E-state index >= 15 is 0 Å². The Hall–Kier alpha value is -1.32. The normalized spacial score (nSPS) is 16.9. The molecule has 1 aliphatic heterocycles. The molecule has 0 bridgehead atoms. The fourth-order valence-corrected chi connectivity index (χ4v) is 3.01. The minimum atomic E-state index is 0. The average Bonchev–Trinajstić information content (AvgIpc) is 3.07. The molecule has 1 unspecified atom stereocenters. The van der Waals surface area contributed by atoms with Crippen molar-refractivity contribution in [2.45, 2.75) is 26.4 Å². The summed E-state index contributed by atoms with van der Waals surface area (Å²) in [6.45, 7) is 10.2. The van der Waals surface area contributed by atoms with E-state index in [2.05, 4.69) is 46.5 Å². The molecule has 0 saturated carbocycles. The number of morpholine rings is 1. The van der Waals surface area contributed by atoms with Gasteiger partial charge in [0.15, 0.2) is 5.96 Å². The van der Waals surface area contributed by atoms with Crippen molar-refractivity contribution >= 4 is 40.9 Å². The molecule has 2 N–H and O–H groups in total. The summed E-state index contributed by atoms with van der Waals surface area (Å²) in [5.74, 6) is 1.70. The van der Waals surface area contributed by atoms with Crippen LogP contribution >= 0.6 is 24.0 Å². The Bertz CT molecular complexity index is 665. The van der Waals surface area contributed by atoms with Gasteiger partial charge in [-0.25, -0.2) is 4.99 Å². The van der Waals surface area contributed by atoms with E-state index in [1.165, 1.54) is 0 Å². The second kappa shape index (κ2) is 10.7. The molecule has 0 spiro atoms. The van der Waals surface area contributed by atoms with E-state index in [1.54, 1.807) is 0 Å². The smallest absolute Gasteiger partial charge is 0.191 e. The van der Waals surface area contributed by atoms with Crippen LogP contribution in [0.25, 0.3) is 11.0 Å². The number of benzene rings is 1. The van der Waals surface area contributed by atoms with Gasteiger partial charge in [-0.15, -0.1) is 24.0 Å². The van der Waals surface area contributed by atoms with E-state index in [0.717, 1.165) is 62.1 Å². The molecule has 26 heavy (non-hydrogen) atoms. The highest BCUT2D eigenvalue weighted by atomic mass is 127. The Kier molecular flexibility index (Phi) is 8.67. The van der Waals surface area contributed by atoms with Crippen LogP contribution in [-0.2, 0) is 11.3 Å². The van der Waals surface area contributed by atoms with Gasteiger partial charge in [-0.2, -0.15) is 0 Å². The highest BCUT2D eigenvalue weighted by Gasteiger charge is 2.17. The Labute approximate surface area is 172 Å². The molecular formula is C19H29IN4O2. The van der Waals surface area contributed by atoms with Crippen LogP contribution in [0.15, 0.2) is 39.7 Å². The fourth-order valence-electron chi connectivity index (χ4n) is 3.01. The van der Waals surface area contributed by atoms with Crippen molar-refractivity contribution in [1.29, 1.82) is 0 Å². The number of nitrogens with zero attached hydrogens (tertiary/aromatic N) is 2. The molecule has 1 aliphatic rings. The Morgan fingerprint density at radius 1 is 1.23 bits per heavy atom. The van der Waals surface area contributed by atoms with Crippen LogP contribution in [0.2, 0.25) is 0 Å². The number of furan rings is 1. The molecule has 1 saturated heterocycles. The lowest BCUT2D eigenvalue weighted by Crippen LogP contribution is -2.49. The molecule has 1 fully saturated rings. The maximum Gasteiger partial charge on any atom is 0.191 e. The standard InChI is InChI=1S/C19H28N4O2.HI/c1-3-20-19(21-13-15(2)23-8-10-24-11-9-23)22-14-17-12-16-6-4-5-7-18(16)25-17;/h4-7,12,15H,3,8-11,13-14H2,1-2H3,(H2,20,21,22);1H. The van der Waals surface area contributed by atoms with Crippen molar-refractivity contribution in [1.82, 2.24) is 15.5 Å². The van der Waals surface area contributed by atoms with Gasteiger partial charge in [0.25, 0.3) is 0 Å². The second-order valence-electron chi connectivity index (χ2n) is 6.32. The quantitative estimate of drug-likeness (QED) is 0.385. The molecule has 2 aromatic rings. The monoisotopic (exact) mass is 472 g/mol. The molecule has 7 heteroatoms. The first-order valence-corrected chi connectivity index (χ1v) is 9.07. The van der Waals surface area contributed by atoms with Crippen molar-refractivity contribution in [3.63, 3.8) is 0 Å². The second-order valence-corrected chi connectivity index (χ2v) is 6.32. The lowest BCUT2D eigenvalue weighted by atomic mass is 10.2. The highest BCUT2D eigenvalue weighted by Crippen LogP contribution is 2.19. The highest BCUT2D eigenvalue weighted by molar-refractivity contribution is 14.0. The van der Waals surface area contributed by atoms with Crippen LogP contribution in [0.4, 0.5) is 0 Å². The number of hydrogen-bond acceptors (Lipinski definition) is 4. The summed E-state index contributed by atoms with van der Waals surface area (Å²) in [7, 11) is 0. The predicted molar refractivity (Wildman–Crippen MR) is 116 cm³/mol. The van der Waals surface area contributed by atoms with E-state index in [4.69, 9.17) is 9.15 Å². The zero-order chi connectivity index (χ0) is 17.5. The maximum absolute atomic E-state index is 5.83. The van der Waals surface area contributed by atoms with Crippen LogP contribution in [0.3, 0.4) is 0 Å². The molecule has 6 nitrogen and oxygen atoms in total. The van der Waals surface area contributed by atoms with Crippen molar-refractivity contribution in [2.24, 2.45) is 4.99 Å². The van der Waals surface area contributed by atoms with Gasteiger partial charge in [0.1, 0.15) is 17.9 Å². The van der Waals surface area contributed by atoms with Gasteiger partial charge in [-0.1, -0.05) is 18.2 Å². The molecule has 0 aliphatic carbocycles. The molecule has 1 aromatic carbocycles. The number of guanidine groups is 1. The summed E-state index contributed by atoms with van der Waals surface area (Å²) in [4.78, 5) is 7.10. The number of nitrogens with one attached hydrogen (secondary N) is 2. The van der Waals surface area contributed by atoms with Crippen LogP contribution in [0, 0.1) is 0 Å². The van der Waals surface area contributed by atoms with Crippen molar-refractivity contribution in [2.75, 3.05) is 39.4 Å². The van der Waals surface area contributed by atoms with Crippen LogP contribution in [0.5, 0.6) is 0 Å². The Morgan fingerprint density at radius 2 is 2.00 bits per heavy atom. The van der Waals surface area contributed by atoms with Crippen LogP contribution in [-0.4, -0.2) is 56.3 Å². The number of halogens is 1. The third-order valence-corrected chi connectivity index (χ3v) is 4.45. The summed E-state index contributed by atoms with van der Waals surface area (Å²) in [5, 5.41) is 7.85. The van der Waals surface area contributed by atoms with E-state index in [1.807, 2.05) is 18.2 Å². The molecule has 0 radical (unpaired) electrons. The summed E-state index contributed by atoms with van der Waals surface area (Å²) >= 11 is 0. The zero-order valence-corrected chi connectivity index (χ0v) is 17.9. The zero-order valence-electron chi connectivity index (χ0n) is 15.5. The molecule has 0 amide bonds. The SMILES string of the molecule is CCNC(=NCc1cc2ccccc2o1)NCC(C)N1CCOCC1.I. The van der Waals surface area contributed by atoms with Gasteiger partial charge >= 0.3 is 0 Å².